The predicted molar refractivity (Wildman–Crippen MR) is 121 cm³/mol. The van der Waals surface area contributed by atoms with Crippen LogP contribution in [0.2, 0.25) is 0 Å². The molecule has 0 radical (unpaired) electrons. The fourth-order valence-electron chi connectivity index (χ4n) is 3.67. The Morgan fingerprint density at radius 2 is 1.46 bits per heavy atom. The summed E-state index contributed by atoms with van der Waals surface area (Å²) in [6.07, 6.45) is -5.06. The zero-order valence-corrected chi connectivity index (χ0v) is 20.2. The van der Waals surface area contributed by atoms with Crippen molar-refractivity contribution in [3.05, 3.63) is 71.8 Å². The maximum Gasteiger partial charge on any atom is 0.335 e. The van der Waals surface area contributed by atoms with Crippen molar-refractivity contribution in [3.8, 4) is 0 Å². The van der Waals surface area contributed by atoms with Gasteiger partial charge in [0, 0.05) is 6.92 Å². The van der Waals surface area contributed by atoms with Crippen molar-refractivity contribution in [2.24, 2.45) is 5.92 Å². The van der Waals surface area contributed by atoms with Crippen molar-refractivity contribution in [1.82, 2.24) is 0 Å². The van der Waals surface area contributed by atoms with Crippen LogP contribution in [0.15, 0.2) is 60.7 Å². The maximum atomic E-state index is 15.3. The van der Waals surface area contributed by atoms with Crippen LogP contribution < -0.4 is 0 Å². The van der Waals surface area contributed by atoms with Gasteiger partial charge in [-0.3, -0.25) is 4.79 Å². The third-order valence-corrected chi connectivity index (χ3v) is 5.75. The normalized spacial score (nSPS) is 24.1. The first-order valence-electron chi connectivity index (χ1n) is 10.9. The molecule has 0 unspecified atom stereocenters. The van der Waals surface area contributed by atoms with E-state index < -0.39 is 46.4 Å². The zero-order valence-electron chi connectivity index (χ0n) is 19.3. The van der Waals surface area contributed by atoms with E-state index in [1.165, 1.54) is 0 Å². The van der Waals surface area contributed by atoms with E-state index in [1.807, 2.05) is 60.7 Å². The quantitative estimate of drug-likeness (QED) is 0.333. The van der Waals surface area contributed by atoms with Crippen LogP contribution in [-0.2, 0) is 51.3 Å². The second-order valence-corrected chi connectivity index (χ2v) is 9.78. The molecule has 4 atom stereocenters. The number of alkyl halides is 2. The van der Waals surface area contributed by atoms with Crippen LogP contribution in [0.5, 0.6) is 0 Å². The van der Waals surface area contributed by atoms with Crippen LogP contribution in [0, 0.1) is 5.92 Å². The average molecular weight is 515 g/mol. The number of carbonyl (C=O) groups excluding carboxylic acids is 1. The summed E-state index contributed by atoms with van der Waals surface area (Å²) < 4.78 is 80.1. The molecular formula is C24H28F2O8S. The van der Waals surface area contributed by atoms with Crippen molar-refractivity contribution in [2.75, 3.05) is 19.5 Å². The van der Waals surface area contributed by atoms with E-state index in [2.05, 4.69) is 4.18 Å². The Kier molecular flexibility index (Phi) is 9.31. The highest BCUT2D eigenvalue weighted by molar-refractivity contribution is 7.86. The molecule has 192 valence electrons. The summed E-state index contributed by atoms with van der Waals surface area (Å²) in [6.45, 7) is 0.793. The largest absolute Gasteiger partial charge is 0.455 e. The molecule has 0 N–H and O–H groups in total. The lowest BCUT2D eigenvalue weighted by Gasteiger charge is -2.44. The van der Waals surface area contributed by atoms with Crippen molar-refractivity contribution in [3.63, 3.8) is 0 Å². The third kappa shape index (κ3) is 8.04. The Morgan fingerprint density at radius 3 is 1.94 bits per heavy atom. The van der Waals surface area contributed by atoms with Crippen LogP contribution in [-0.4, -0.2) is 58.3 Å². The Hall–Kier alpha value is -2.44. The molecule has 1 saturated heterocycles. The SMILES string of the molecule is CC(=O)O[C@H]1[C@H](COCc2ccccc2)[C@@H](COCc2ccccc2)O[C@H](OS(C)(=O)=O)C1(F)F. The lowest BCUT2D eigenvalue weighted by atomic mass is 9.88. The Bertz CT molecular complexity index is 1050. The summed E-state index contributed by atoms with van der Waals surface area (Å²) in [6, 6.07) is 18.2. The van der Waals surface area contributed by atoms with E-state index in [0.717, 1.165) is 18.1 Å². The molecular weight excluding hydrogens is 486 g/mol. The standard InChI is InChI=1S/C24H28F2O8S/c1-17(27)32-22-20(15-30-13-18-9-5-3-6-10-18)21(16-31-14-19-11-7-4-8-12-19)33-23(24(22,25)26)34-35(2,28)29/h3-12,20-23H,13-16H2,1-2H3/t20-,21-,22+,23-/m1/s1. The predicted octanol–water partition coefficient (Wildman–Crippen LogP) is 3.30. The Morgan fingerprint density at radius 1 is 0.943 bits per heavy atom. The monoisotopic (exact) mass is 514 g/mol. The highest BCUT2D eigenvalue weighted by atomic mass is 32.2. The number of halogens is 2. The number of hydrogen-bond donors (Lipinski definition) is 0. The van der Waals surface area contributed by atoms with Gasteiger partial charge in [0.15, 0.2) is 6.10 Å². The van der Waals surface area contributed by atoms with Crippen LogP contribution in [0.4, 0.5) is 8.78 Å². The van der Waals surface area contributed by atoms with Crippen LogP contribution in [0.1, 0.15) is 18.1 Å². The molecule has 8 nitrogen and oxygen atoms in total. The molecule has 0 bridgehead atoms. The van der Waals surface area contributed by atoms with Gasteiger partial charge < -0.3 is 18.9 Å². The van der Waals surface area contributed by atoms with Gasteiger partial charge in [-0.05, 0) is 11.1 Å². The summed E-state index contributed by atoms with van der Waals surface area (Å²) in [4.78, 5) is 11.7. The van der Waals surface area contributed by atoms with Crippen LogP contribution in [0.3, 0.4) is 0 Å². The molecule has 1 heterocycles. The third-order valence-electron chi connectivity index (χ3n) is 5.23. The maximum absolute atomic E-state index is 15.3. The summed E-state index contributed by atoms with van der Waals surface area (Å²) in [5, 5.41) is 0. The summed E-state index contributed by atoms with van der Waals surface area (Å²) in [5.74, 6) is -6.12. The van der Waals surface area contributed by atoms with Gasteiger partial charge in [-0.2, -0.15) is 17.2 Å². The van der Waals surface area contributed by atoms with Gasteiger partial charge in [-0.1, -0.05) is 60.7 Å². The summed E-state index contributed by atoms with van der Waals surface area (Å²) in [5.41, 5.74) is 1.65. The number of hydrogen-bond acceptors (Lipinski definition) is 8. The smallest absolute Gasteiger partial charge is 0.335 e. The molecule has 0 aromatic heterocycles. The second-order valence-electron chi connectivity index (χ2n) is 8.18. The lowest BCUT2D eigenvalue weighted by Crippen LogP contribution is -2.63. The van der Waals surface area contributed by atoms with E-state index in [1.54, 1.807) is 0 Å². The minimum atomic E-state index is -4.32. The van der Waals surface area contributed by atoms with Gasteiger partial charge in [-0.25, -0.2) is 4.18 Å². The van der Waals surface area contributed by atoms with Gasteiger partial charge >= 0.3 is 11.9 Å². The molecule has 1 fully saturated rings. The topological polar surface area (TPSA) is 97.4 Å². The number of rotatable bonds is 11. The molecule has 0 saturated carbocycles. The van der Waals surface area contributed by atoms with Crippen molar-refractivity contribution in [2.45, 2.75) is 44.6 Å². The fraction of sp³-hybridized carbons (Fsp3) is 0.458. The van der Waals surface area contributed by atoms with E-state index >= 15 is 8.78 Å². The van der Waals surface area contributed by atoms with Crippen molar-refractivity contribution < 1.29 is 45.1 Å². The number of carbonyl (C=O) groups is 1. The van der Waals surface area contributed by atoms with E-state index in [0.29, 0.717) is 6.26 Å². The van der Waals surface area contributed by atoms with Gasteiger partial charge in [0.25, 0.3) is 10.1 Å². The first-order chi connectivity index (χ1) is 16.6. The molecule has 0 amide bonds. The highest BCUT2D eigenvalue weighted by Crippen LogP contribution is 2.41. The molecule has 0 aliphatic carbocycles. The molecule has 1 aliphatic heterocycles. The molecule has 3 rings (SSSR count). The molecule has 2 aromatic rings. The highest BCUT2D eigenvalue weighted by Gasteiger charge is 2.62. The fourth-order valence-corrected chi connectivity index (χ4v) is 4.16. The van der Waals surface area contributed by atoms with Gasteiger partial charge in [0.2, 0.25) is 6.29 Å². The van der Waals surface area contributed by atoms with Gasteiger partial charge in [-0.15, -0.1) is 0 Å². The molecule has 11 heteroatoms. The summed E-state index contributed by atoms with van der Waals surface area (Å²) in [7, 11) is -4.32. The Balaban J connectivity index is 1.81. The van der Waals surface area contributed by atoms with Gasteiger partial charge in [0.1, 0.15) is 0 Å². The summed E-state index contributed by atoms with van der Waals surface area (Å²) >= 11 is 0. The molecule has 2 aromatic carbocycles. The minimum Gasteiger partial charge on any atom is -0.455 e. The molecule has 35 heavy (non-hydrogen) atoms. The number of benzene rings is 2. The van der Waals surface area contributed by atoms with Crippen molar-refractivity contribution >= 4 is 16.1 Å². The molecule has 0 spiro atoms. The number of esters is 1. The average Bonchev–Trinajstić information content (AvgIpc) is 2.79. The first kappa shape index (κ1) is 27.2. The van der Waals surface area contributed by atoms with Crippen LogP contribution >= 0.6 is 0 Å². The first-order valence-corrected chi connectivity index (χ1v) is 12.7. The lowest BCUT2D eigenvalue weighted by molar-refractivity contribution is -0.334. The minimum absolute atomic E-state index is 0.122. The van der Waals surface area contributed by atoms with E-state index in [-0.39, 0.29) is 26.4 Å². The number of ether oxygens (including phenoxy) is 4. The zero-order chi connectivity index (χ0) is 25.5. The second kappa shape index (κ2) is 12.0. The van der Waals surface area contributed by atoms with Crippen LogP contribution in [0.25, 0.3) is 0 Å². The Labute approximate surface area is 203 Å². The molecule has 1 aliphatic rings. The van der Waals surface area contributed by atoms with Gasteiger partial charge in [0.05, 0.1) is 44.7 Å². The van der Waals surface area contributed by atoms with E-state index in [4.69, 9.17) is 18.9 Å². The van der Waals surface area contributed by atoms with E-state index in [9.17, 15) is 13.2 Å². The van der Waals surface area contributed by atoms with Crippen molar-refractivity contribution in [1.29, 1.82) is 0 Å².